The highest BCUT2D eigenvalue weighted by Gasteiger charge is 2.52. The van der Waals surface area contributed by atoms with Crippen LogP contribution in [0, 0.1) is 5.92 Å². The van der Waals surface area contributed by atoms with Crippen LogP contribution in [0.1, 0.15) is 47.5 Å². The van der Waals surface area contributed by atoms with E-state index in [1.807, 2.05) is 0 Å². The zero-order valence-electron chi connectivity index (χ0n) is 14.9. The van der Waals surface area contributed by atoms with Gasteiger partial charge in [0.05, 0.1) is 11.2 Å². The molecule has 0 saturated carbocycles. The van der Waals surface area contributed by atoms with Crippen molar-refractivity contribution in [3.05, 3.63) is 0 Å². The Morgan fingerprint density at radius 1 is 1.19 bits per heavy atom. The summed E-state index contributed by atoms with van der Waals surface area (Å²) in [5.74, 6) is 0.383. The van der Waals surface area contributed by atoms with E-state index >= 15 is 0 Å². The average Bonchev–Trinajstić information content (AvgIpc) is 2.85. The second-order valence-corrected chi connectivity index (χ2v) is 8.09. The molecule has 2 heterocycles. The lowest BCUT2D eigenvalue weighted by Gasteiger charge is -2.34. The molecular formula is C17H35N3O. The van der Waals surface area contributed by atoms with Crippen molar-refractivity contribution in [3.8, 4) is 0 Å². The van der Waals surface area contributed by atoms with Gasteiger partial charge in [-0.2, -0.15) is 0 Å². The van der Waals surface area contributed by atoms with E-state index in [1.165, 1.54) is 25.9 Å². The van der Waals surface area contributed by atoms with Crippen LogP contribution in [0.15, 0.2) is 0 Å². The quantitative estimate of drug-likeness (QED) is 0.842. The summed E-state index contributed by atoms with van der Waals surface area (Å²) in [5.41, 5.74) is 6.11. The van der Waals surface area contributed by atoms with Gasteiger partial charge in [-0.25, -0.2) is 0 Å². The summed E-state index contributed by atoms with van der Waals surface area (Å²) < 4.78 is 6.21. The first-order valence-corrected chi connectivity index (χ1v) is 8.55. The van der Waals surface area contributed by atoms with E-state index < -0.39 is 0 Å². The molecule has 2 aliphatic rings. The second-order valence-electron chi connectivity index (χ2n) is 8.09. The first-order chi connectivity index (χ1) is 9.67. The number of rotatable bonds is 5. The third-order valence-corrected chi connectivity index (χ3v) is 5.59. The van der Waals surface area contributed by atoms with Gasteiger partial charge in [0.15, 0.2) is 0 Å². The van der Waals surface area contributed by atoms with E-state index in [-0.39, 0.29) is 17.2 Å². The molecule has 2 fully saturated rings. The van der Waals surface area contributed by atoms with Crippen LogP contribution < -0.4 is 5.73 Å². The number of nitrogens with zero attached hydrogens (tertiary/aromatic N) is 2. The van der Waals surface area contributed by atoms with Gasteiger partial charge in [0, 0.05) is 31.1 Å². The molecule has 0 bridgehead atoms. The van der Waals surface area contributed by atoms with Gasteiger partial charge in [-0.05, 0) is 60.7 Å². The van der Waals surface area contributed by atoms with Crippen molar-refractivity contribution >= 4 is 0 Å². The number of ether oxygens (including phenoxy) is 1. The van der Waals surface area contributed by atoms with E-state index in [4.69, 9.17) is 10.5 Å². The van der Waals surface area contributed by atoms with Crippen LogP contribution in [-0.4, -0.2) is 66.3 Å². The van der Waals surface area contributed by atoms with Crippen molar-refractivity contribution in [1.82, 2.24) is 9.80 Å². The Hall–Kier alpha value is -0.160. The van der Waals surface area contributed by atoms with Crippen LogP contribution in [0.25, 0.3) is 0 Å². The van der Waals surface area contributed by atoms with Gasteiger partial charge in [0.2, 0.25) is 0 Å². The predicted octanol–water partition coefficient (Wildman–Crippen LogP) is 1.93. The predicted molar refractivity (Wildman–Crippen MR) is 88.5 cm³/mol. The standard InChI is InChI=1S/C17H35N3O/c1-7-20-10-8-9-13(20)11-19(6)12-14-15(18)17(4,5)21-16(14,2)3/h13-15H,7-12,18H2,1-6H3. The Bertz CT molecular complexity index is 356. The minimum atomic E-state index is -0.224. The van der Waals surface area contributed by atoms with Crippen molar-refractivity contribution in [2.45, 2.75) is 70.7 Å². The topological polar surface area (TPSA) is 41.7 Å². The Kier molecular flexibility index (Phi) is 5.04. The Balaban J connectivity index is 1.94. The highest BCUT2D eigenvalue weighted by molar-refractivity contribution is 5.04. The maximum absolute atomic E-state index is 6.48. The summed E-state index contributed by atoms with van der Waals surface area (Å²) in [6.07, 6.45) is 2.68. The van der Waals surface area contributed by atoms with Gasteiger partial charge in [-0.1, -0.05) is 6.92 Å². The van der Waals surface area contributed by atoms with Crippen LogP contribution in [0.3, 0.4) is 0 Å². The normalized spacial score (nSPS) is 35.7. The zero-order chi connectivity index (χ0) is 15.8. The molecule has 4 heteroatoms. The fourth-order valence-corrected chi connectivity index (χ4v) is 4.36. The van der Waals surface area contributed by atoms with Crippen LogP contribution >= 0.6 is 0 Å². The fourth-order valence-electron chi connectivity index (χ4n) is 4.36. The number of nitrogens with two attached hydrogens (primary N) is 1. The van der Waals surface area contributed by atoms with E-state index in [0.29, 0.717) is 5.92 Å². The minimum Gasteiger partial charge on any atom is -0.368 e. The van der Waals surface area contributed by atoms with Gasteiger partial charge < -0.3 is 15.4 Å². The van der Waals surface area contributed by atoms with Crippen LogP contribution in [0.4, 0.5) is 0 Å². The number of likely N-dealkylation sites (tertiary alicyclic amines) is 1. The third kappa shape index (κ3) is 3.61. The van der Waals surface area contributed by atoms with Crippen molar-refractivity contribution in [2.75, 3.05) is 33.2 Å². The molecule has 2 rings (SSSR count). The lowest BCUT2D eigenvalue weighted by molar-refractivity contribution is -0.0782. The zero-order valence-corrected chi connectivity index (χ0v) is 14.9. The molecule has 2 N–H and O–H groups in total. The van der Waals surface area contributed by atoms with Crippen molar-refractivity contribution in [1.29, 1.82) is 0 Å². The SMILES string of the molecule is CCN1CCCC1CN(C)CC1C(N)C(C)(C)OC1(C)C. The molecule has 0 aromatic carbocycles. The van der Waals surface area contributed by atoms with Crippen molar-refractivity contribution in [2.24, 2.45) is 11.7 Å². The molecule has 2 saturated heterocycles. The molecule has 0 radical (unpaired) electrons. The first-order valence-electron chi connectivity index (χ1n) is 8.55. The molecule has 3 atom stereocenters. The summed E-state index contributed by atoms with van der Waals surface area (Å²) in [6, 6.07) is 0.815. The number of hydrogen-bond donors (Lipinski definition) is 1. The molecule has 0 aliphatic carbocycles. The van der Waals surface area contributed by atoms with Crippen molar-refractivity contribution in [3.63, 3.8) is 0 Å². The maximum Gasteiger partial charge on any atom is 0.0788 e. The van der Waals surface area contributed by atoms with Crippen LogP contribution in [0.2, 0.25) is 0 Å². The molecule has 0 amide bonds. The maximum atomic E-state index is 6.48. The van der Waals surface area contributed by atoms with Gasteiger partial charge >= 0.3 is 0 Å². The summed E-state index contributed by atoms with van der Waals surface area (Å²) in [4.78, 5) is 5.08. The van der Waals surface area contributed by atoms with E-state index in [1.54, 1.807) is 0 Å². The largest absolute Gasteiger partial charge is 0.368 e. The van der Waals surface area contributed by atoms with E-state index in [2.05, 4.69) is 51.5 Å². The summed E-state index contributed by atoms with van der Waals surface area (Å²) in [7, 11) is 2.24. The summed E-state index contributed by atoms with van der Waals surface area (Å²) in [5, 5.41) is 0. The molecule has 0 spiro atoms. The lowest BCUT2D eigenvalue weighted by atomic mass is 9.82. The highest BCUT2D eigenvalue weighted by atomic mass is 16.5. The molecule has 21 heavy (non-hydrogen) atoms. The molecule has 0 aromatic rings. The lowest BCUT2D eigenvalue weighted by Crippen LogP contribution is -2.49. The first kappa shape index (κ1) is 17.2. The third-order valence-electron chi connectivity index (χ3n) is 5.59. The number of hydrogen-bond acceptors (Lipinski definition) is 4. The Morgan fingerprint density at radius 2 is 1.86 bits per heavy atom. The highest BCUT2D eigenvalue weighted by Crippen LogP contribution is 2.41. The van der Waals surface area contributed by atoms with Crippen LogP contribution in [0.5, 0.6) is 0 Å². The van der Waals surface area contributed by atoms with Crippen LogP contribution in [-0.2, 0) is 4.74 Å². The molecule has 4 nitrogen and oxygen atoms in total. The average molecular weight is 297 g/mol. The smallest absolute Gasteiger partial charge is 0.0788 e. The van der Waals surface area contributed by atoms with E-state index in [9.17, 15) is 0 Å². The second kappa shape index (κ2) is 6.15. The van der Waals surface area contributed by atoms with Gasteiger partial charge in [-0.15, -0.1) is 0 Å². The molecule has 124 valence electrons. The fraction of sp³-hybridized carbons (Fsp3) is 1.00. The Labute approximate surface area is 131 Å². The van der Waals surface area contributed by atoms with Gasteiger partial charge in [0.25, 0.3) is 0 Å². The Morgan fingerprint density at radius 3 is 2.38 bits per heavy atom. The molecule has 3 unspecified atom stereocenters. The number of likely N-dealkylation sites (N-methyl/N-ethyl adjacent to an activating group) is 2. The molecule has 0 aromatic heterocycles. The summed E-state index contributed by atoms with van der Waals surface area (Å²) >= 11 is 0. The van der Waals surface area contributed by atoms with Gasteiger partial charge in [0.1, 0.15) is 0 Å². The van der Waals surface area contributed by atoms with E-state index in [0.717, 1.165) is 19.1 Å². The van der Waals surface area contributed by atoms with Gasteiger partial charge in [-0.3, -0.25) is 4.90 Å². The van der Waals surface area contributed by atoms with Crippen molar-refractivity contribution < 1.29 is 4.74 Å². The minimum absolute atomic E-state index is 0.0980. The molecule has 2 aliphatic heterocycles. The molecular weight excluding hydrogens is 262 g/mol. The monoisotopic (exact) mass is 297 g/mol. The summed E-state index contributed by atoms with van der Waals surface area (Å²) in [6.45, 7) is 15.5.